The van der Waals surface area contributed by atoms with Crippen LogP contribution in [0.2, 0.25) is 0 Å². The summed E-state index contributed by atoms with van der Waals surface area (Å²) < 4.78 is 5.74. The molecule has 1 aliphatic rings. The molecule has 1 atom stereocenters. The Morgan fingerprint density at radius 2 is 2.05 bits per heavy atom. The maximum Gasteiger partial charge on any atom is 0.226 e. The number of aliphatic hydroxyl groups excluding tert-OH is 1. The topological polar surface area (TPSA) is 49.8 Å². The van der Waals surface area contributed by atoms with Crippen molar-refractivity contribution in [2.75, 3.05) is 13.6 Å². The Labute approximate surface area is 126 Å². The highest BCUT2D eigenvalue weighted by molar-refractivity contribution is 5.79. The van der Waals surface area contributed by atoms with Gasteiger partial charge < -0.3 is 14.7 Å². The Morgan fingerprint density at radius 1 is 1.38 bits per heavy atom. The first kappa shape index (κ1) is 15.8. The molecule has 1 fully saturated rings. The van der Waals surface area contributed by atoms with Crippen LogP contribution in [0.4, 0.5) is 0 Å². The smallest absolute Gasteiger partial charge is 0.226 e. The van der Waals surface area contributed by atoms with Gasteiger partial charge in [-0.2, -0.15) is 0 Å². The molecule has 0 bridgehead atoms. The summed E-state index contributed by atoms with van der Waals surface area (Å²) >= 11 is 0. The van der Waals surface area contributed by atoms with Crippen LogP contribution in [0.5, 0.6) is 5.75 Å². The van der Waals surface area contributed by atoms with Crippen molar-refractivity contribution in [3.8, 4) is 5.75 Å². The highest BCUT2D eigenvalue weighted by atomic mass is 16.5. The van der Waals surface area contributed by atoms with Crippen LogP contribution < -0.4 is 4.74 Å². The average Bonchev–Trinajstić information content (AvgIpc) is 3.24. The lowest BCUT2D eigenvalue weighted by Gasteiger charge is -2.21. The molecule has 21 heavy (non-hydrogen) atoms. The Balaban J connectivity index is 1.94. The predicted octanol–water partition coefficient (Wildman–Crippen LogP) is 2.25. The van der Waals surface area contributed by atoms with Gasteiger partial charge in [-0.05, 0) is 38.7 Å². The quantitative estimate of drug-likeness (QED) is 0.838. The van der Waals surface area contributed by atoms with E-state index in [0.29, 0.717) is 18.9 Å². The van der Waals surface area contributed by atoms with Crippen molar-refractivity contribution in [2.24, 2.45) is 5.92 Å². The molecular weight excluding hydrogens is 266 g/mol. The fraction of sp³-hybridized carbons (Fsp3) is 0.588. The summed E-state index contributed by atoms with van der Waals surface area (Å²) in [5.41, 5.74) is 0.893. The summed E-state index contributed by atoms with van der Waals surface area (Å²) in [6.45, 7) is 4.35. The van der Waals surface area contributed by atoms with Crippen LogP contribution in [0.25, 0.3) is 0 Å². The van der Waals surface area contributed by atoms with Crippen molar-refractivity contribution < 1.29 is 14.6 Å². The predicted molar refractivity (Wildman–Crippen MR) is 82.3 cm³/mol. The second-order valence-corrected chi connectivity index (χ2v) is 6.13. The van der Waals surface area contributed by atoms with Gasteiger partial charge in [0.15, 0.2) is 0 Å². The molecule has 1 saturated carbocycles. The SMILES string of the molecule is CC(C)Oc1ccccc1CC(=O)N(C)CC(O)C1CC1. The minimum Gasteiger partial charge on any atom is -0.491 e. The summed E-state index contributed by atoms with van der Waals surface area (Å²) in [7, 11) is 1.75. The number of hydrogen-bond donors (Lipinski definition) is 1. The van der Waals surface area contributed by atoms with Crippen molar-refractivity contribution in [1.29, 1.82) is 0 Å². The van der Waals surface area contributed by atoms with Gasteiger partial charge in [0.25, 0.3) is 0 Å². The fourth-order valence-electron chi connectivity index (χ4n) is 2.33. The molecule has 0 spiro atoms. The van der Waals surface area contributed by atoms with E-state index in [2.05, 4.69) is 0 Å². The van der Waals surface area contributed by atoms with Gasteiger partial charge >= 0.3 is 0 Å². The molecular formula is C17H25NO3. The molecule has 1 N–H and O–H groups in total. The van der Waals surface area contributed by atoms with Crippen LogP contribution in [0.1, 0.15) is 32.3 Å². The van der Waals surface area contributed by atoms with Gasteiger partial charge in [0.05, 0.1) is 18.6 Å². The molecule has 1 aromatic carbocycles. The first-order chi connectivity index (χ1) is 9.97. The number of amides is 1. The van der Waals surface area contributed by atoms with Gasteiger partial charge in [0.1, 0.15) is 5.75 Å². The molecule has 1 unspecified atom stereocenters. The van der Waals surface area contributed by atoms with E-state index in [9.17, 15) is 9.90 Å². The molecule has 0 saturated heterocycles. The fourth-order valence-corrected chi connectivity index (χ4v) is 2.33. The molecule has 0 heterocycles. The van der Waals surface area contributed by atoms with E-state index in [1.54, 1.807) is 11.9 Å². The molecule has 4 nitrogen and oxygen atoms in total. The van der Waals surface area contributed by atoms with Crippen molar-refractivity contribution in [2.45, 2.75) is 45.3 Å². The van der Waals surface area contributed by atoms with E-state index >= 15 is 0 Å². The Morgan fingerprint density at radius 3 is 2.67 bits per heavy atom. The number of para-hydroxylation sites is 1. The summed E-state index contributed by atoms with van der Waals surface area (Å²) in [6, 6.07) is 7.63. The van der Waals surface area contributed by atoms with Crippen LogP contribution in [0.15, 0.2) is 24.3 Å². The van der Waals surface area contributed by atoms with Crippen LogP contribution in [-0.4, -0.2) is 41.7 Å². The first-order valence-electron chi connectivity index (χ1n) is 7.64. The molecule has 0 radical (unpaired) electrons. The number of aliphatic hydroxyl groups is 1. The van der Waals surface area contributed by atoms with Crippen molar-refractivity contribution in [3.05, 3.63) is 29.8 Å². The van der Waals surface area contributed by atoms with Gasteiger partial charge in [-0.1, -0.05) is 18.2 Å². The monoisotopic (exact) mass is 291 g/mol. The van der Waals surface area contributed by atoms with E-state index < -0.39 is 0 Å². The van der Waals surface area contributed by atoms with Gasteiger partial charge in [0, 0.05) is 19.2 Å². The largest absolute Gasteiger partial charge is 0.491 e. The number of hydrogen-bond acceptors (Lipinski definition) is 3. The number of carbonyl (C=O) groups excluding carboxylic acids is 1. The number of rotatable bonds is 7. The van der Waals surface area contributed by atoms with Gasteiger partial charge in [0.2, 0.25) is 5.91 Å². The normalized spacial score (nSPS) is 15.9. The van der Waals surface area contributed by atoms with Crippen LogP contribution >= 0.6 is 0 Å². The molecule has 1 aromatic rings. The Hall–Kier alpha value is -1.55. The van der Waals surface area contributed by atoms with E-state index in [-0.39, 0.29) is 18.1 Å². The summed E-state index contributed by atoms with van der Waals surface area (Å²) in [5, 5.41) is 9.93. The summed E-state index contributed by atoms with van der Waals surface area (Å²) in [5.74, 6) is 1.16. The van der Waals surface area contributed by atoms with E-state index in [1.165, 1.54) is 0 Å². The van der Waals surface area contributed by atoms with Gasteiger partial charge in [-0.15, -0.1) is 0 Å². The number of benzene rings is 1. The minimum atomic E-state index is -0.388. The maximum absolute atomic E-state index is 12.3. The zero-order chi connectivity index (χ0) is 15.4. The van der Waals surface area contributed by atoms with E-state index in [4.69, 9.17) is 4.74 Å². The number of nitrogens with zero attached hydrogens (tertiary/aromatic N) is 1. The van der Waals surface area contributed by atoms with Gasteiger partial charge in [-0.25, -0.2) is 0 Å². The summed E-state index contributed by atoms with van der Waals surface area (Å²) in [4.78, 5) is 13.9. The second-order valence-electron chi connectivity index (χ2n) is 6.13. The molecule has 1 aliphatic carbocycles. The third kappa shape index (κ3) is 4.74. The van der Waals surface area contributed by atoms with Crippen LogP contribution in [0, 0.1) is 5.92 Å². The Kier molecular flexibility index (Phi) is 5.23. The molecule has 0 aromatic heterocycles. The molecule has 2 rings (SSSR count). The van der Waals surface area contributed by atoms with Crippen LogP contribution in [0.3, 0.4) is 0 Å². The maximum atomic E-state index is 12.3. The number of ether oxygens (including phenoxy) is 1. The molecule has 116 valence electrons. The van der Waals surface area contributed by atoms with Gasteiger partial charge in [-0.3, -0.25) is 4.79 Å². The first-order valence-corrected chi connectivity index (χ1v) is 7.64. The second kappa shape index (κ2) is 6.94. The average molecular weight is 291 g/mol. The van der Waals surface area contributed by atoms with Crippen molar-refractivity contribution in [3.63, 3.8) is 0 Å². The number of carbonyl (C=O) groups is 1. The van der Waals surface area contributed by atoms with Crippen molar-refractivity contribution >= 4 is 5.91 Å². The standard InChI is InChI=1S/C17H25NO3/c1-12(2)21-16-7-5-4-6-14(16)10-17(20)18(3)11-15(19)13-8-9-13/h4-7,12-13,15,19H,8-11H2,1-3H3. The number of likely N-dealkylation sites (N-methyl/N-ethyl adjacent to an activating group) is 1. The highest BCUT2D eigenvalue weighted by Gasteiger charge is 2.31. The van der Waals surface area contributed by atoms with E-state index in [0.717, 1.165) is 24.2 Å². The summed E-state index contributed by atoms with van der Waals surface area (Å²) in [6.07, 6.45) is 2.15. The lowest BCUT2D eigenvalue weighted by Crippen LogP contribution is -2.36. The third-order valence-corrected chi connectivity index (χ3v) is 3.73. The highest BCUT2D eigenvalue weighted by Crippen LogP contribution is 2.32. The zero-order valence-corrected chi connectivity index (χ0v) is 13.1. The molecule has 4 heteroatoms. The third-order valence-electron chi connectivity index (χ3n) is 3.73. The van der Waals surface area contributed by atoms with E-state index in [1.807, 2.05) is 38.1 Å². The Bertz CT molecular complexity index is 483. The lowest BCUT2D eigenvalue weighted by atomic mass is 10.1. The van der Waals surface area contributed by atoms with Crippen molar-refractivity contribution in [1.82, 2.24) is 4.90 Å². The minimum absolute atomic E-state index is 0.00880. The van der Waals surface area contributed by atoms with Crippen LogP contribution in [-0.2, 0) is 11.2 Å². The zero-order valence-electron chi connectivity index (χ0n) is 13.1. The lowest BCUT2D eigenvalue weighted by molar-refractivity contribution is -0.130. The molecule has 0 aliphatic heterocycles. The molecule has 1 amide bonds.